The molecule has 1 aliphatic heterocycles. The first kappa shape index (κ1) is 14.8. The number of aryl methyl sites for hydroxylation is 1. The van der Waals surface area contributed by atoms with Gasteiger partial charge in [-0.25, -0.2) is 0 Å². The first-order valence-corrected chi connectivity index (χ1v) is 7.26. The van der Waals surface area contributed by atoms with Gasteiger partial charge in [0.05, 0.1) is 25.9 Å². The molecule has 1 aliphatic rings. The quantitative estimate of drug-likeness (QED) is 0.901. The van der Waals surface area contributed by atoms with Gasteiger partial charge in [0.15, 0.2) is 0 Å². The van der Waals surface area contributed by atoms with Crippen LogP contribution in [0.1, 0.15) is 18.1 Å². The van der Waals surface area contributed by atoms with Gasteiger partial charge in [-0.1, -0.05) is 30.7 Å². The predicted molar refractivity (Wildman–Crippen MR) is 77.9 cm³/mol. The maximum Gasteiger partial charge on any atom is 0.0965 e. The molecule has 0 spiro atoms. The van der Waals surface area contributed by atoms with Gasteiger partial charge in [-0.3, -0.25) is 0 Å². The van der Waals surface area contributed by atoms with Crippen LogP contribution in [-0.4, -0.2) is 38.5 Å². The molecule has 0 saturated carbocycles. The lowest BCUT2D eigenvalue weighted by molar-refractivity contribution is -0.101. The van der Waals surface area contributed by atoms with E-state index in [1.54, 1.807) is 0 Å². The molecule has 106 valence electrons. The average Bonchev–Trinajstić information content (AvgIpc) is 2.42. The smallest absolute Gasteiger partial charge is 0.0965 e. The lowest BCUT2D eigenvalue weighted by atomic mass is 10.00. The van der Waals surface area contributed by atoms with Crippen LogP contribution in [0.3, 0.4) is 0 Å². The maximum absolute atomic E-state index is 6.31. The second-order valence-electron chi connectivity index (χ2n) is 4.95. The Morgan fingerprint density at radius 1 is 1.42 bits per heavy atom. The number of halogens is 1. The predicted octanol–water partition coefficient (Wildman–Crippen LogP) is 2.58. The fraction of sp³-hybridized carbons (Fsp3) is 0.600. The topological polar surface area (TPSA) is 30.5 Å². The summed E-state index contributed by atoms with van der Waals surface area (Å²) in [4.78, 5) is 0. The van der Waals surface area contributed by atoms with Gasteiger partial charge in [-0.15, -0.1) is 0 Å². The van der Waals surface area contributed by atoms with E-state index in [-0.39, 0.29) is 12.1 Å². The van der Waals surface area contributed by atoms with E-state index in [0.29, 0.717) is 19.8 Å². The third kappa shape index (κ3) is 4.18. The fourth-order valence-corrected chi connectivity index (χ4v) is 2.70. The van der Waals surface area contributed by atoms with Crippen molar-refractivity contribution < 1.29 is 9.47 Å². The van der Waals surface area contributed by atoms with Crippen LogP contribution >= 0.6 is 11.6 Å². The molecular weight excluding hydrogens is 262 g/mol. The van der Waals surface area contributed by atoms with Crippen LogP contribution in [0, 0.1) is 6.92 Å². The summed E-state index contributed by atoms with van der Waals surface area (Å²) in [6, 6.07) is 6.46. The SMILES string of the molecule is CCNC(Cc1ccc(C)cc1Cl)C1COCCO1. The molecule has 1 saturated heterocycles. The zero-order valence-electron chi connectivity index (χ0n) is 11.6. The van der Waals surface area contributed by atoms with Crippen molar-refractivity contribution >= 4 is 11.6 Å². The van der Waals surface area contributed by atoms with E-state index in [1.165, 1.54) is 5.56 Å². The van der Waals surface area contributed by atoms with Crippen LogP contribution in [-0.2, 0) is 15.9 Å². The normalized spacial score (nSPS) is 21.3. The van der Waals surface area contributed by atoms with Crippen molar-refractivity contribution in [3.05, 3.63) is 34.3 Å². The van der Waals surface area contributed by atoms with Gasteiger partial charge in [0.1, 0.15) is 0 Å². The summed E-state index contributed by atoms with van der Waals surface area (Å²) in [5, 5.41) is 4.31. The highest BCUT2D eigenvalue weighted by molar-refractivity contribution is 6.31. The van der Waals surface area contributed by atoms with Gasteiger partial charge >= 0.3 is 0 Å². The molecule has 0 aliphatic carbocycles. The minimum atomic E-state index is 0.103. The number of benzene rings is 1. The molecule has 19 heavy (non-hydrogen) atoms. The van der Waals surface area contributed by atoms with Crippen molar-refractivity contribution in [2.75, 3.05) is 26.4 Å². The zero-order chi connectivity index (χ0) is 13.7. The molecule has 0 aromatic heterocycles. The summed E-state index contributed by atoms with van der Waals surface area (Å²) < 4.78 is 11.3. The molecule has 2 unspecified atom stereocenters. The monoisotopic (exact) mass is 283 g/mol. The third-order valence-electron chi connectivity index (χ3n) is 3.41. The second-order valence-corrected chi connectivity index (χ2v) is 5.35. The molecule has 1 aromatic rings. The highest BCUT2D eigenvalue weighted by atomic mass is 35.5. The van der Waals surface area contributed by atoms with Gasteiger partial charge < -0.3 is 14.8 Å². The highest BCUT2D eigenvalue weighted by Crippen LogP contribution is 2.21. The summed E-state index contributed by atoms with van der Waals surface area (Å²) >= 11 is 6.31. The number of nitrogens with one attached hydrogen (secondary N) is 1. The van der Waals surface area contributed by atoms with Crippen LogP contribution in [0.4, 0.5) is 0 Å². The molecule has 0 bridgehead atoms. The Morgan fingerprint density at radius 3 is 2.89 bits per heavy atom. The molecule has 2 rings (SSSR count). The van der Waals surface area contributed by atoms with Gasteiger partial charge in [0, 0.05) is 11.1 Å². The summed E-state index contributed by atoms with van der Waals surface area (Å²) in [6.45, 7) is 7.09. The minimum absolute atomic E-state index is 0.103. The van der Waals surface area contributed by atoms with Crippen molar-refractivity contribution in [3.8, 4) is 0 Å². The Labute approximate surface area is 120 Å². The number of hydrogen-bond acceptors (Lipinski definition) is 3. The highest BCUT2D eigenvalue weighted by Gasteiger charge is 2.25. The van der Waals surface area contributed by atoms with Gasteiger partial charge in [0.25, 0.3) is 0 Å². The molecule has 0 radical (unpaired) electrons. The summed E-state index contributed by atoms with van der Waals surface area (Å²) in [5.74, 6) is 0. The summed E-state index contributed by atoms with van der Waals surface area (Å²) in [7, 11) is 0. The first-order chi connectivity index (χ1) is 9.20. The summed E-state index contributed by atoms with van der Waals surface area (Å²) in [6.07, 6.45) is 0.965. The Balaban J connectivity index is 2.06. The number of rotatable bonds is 5. The molecular formula is C15H22ClNO2. The van der Waals surface area contributed by atoms with Crippen LogP contribution in [0.15, 0.2) is 18.2 Å². The van der Waals surface area contributed by atoms with E-state index in [2.05, 4.69) is 31.3 Å². The molecule has 3 nitrogen and oxygen atoms in total. The van der Waals surface area contributed by atoms with E-state index < -0.39 is 0 Å². The molecule has 1 heterocycles. The van der Waals surface area contributed by atoms with Crippen molar-refractivity contribution in [2.24, 2.45) is 0 Å². The van der Waals surface area contributed by atoms with E-state index >= 15 is 0 Å². The molecule has 2 atom stereocenters. The molecule has 1 aromatic carbocycles. The Hall–Kier alpha value is -0.610. The van der Waals surface area contributed by atoms with E-state index in [9.17, 15) is 0 Å². The molecule has 1 N–H and O–H groups in total. The minimum Gasteiger partial charge on any atom is -0.376 e. The fourth-order valence-electron chi connectivity index (χ4n) is 2.39. The van der Waals surface area contributed by atoms with Crippen molar-refractivity contribution in [2.45, 2.75) is 32.4 Å². The number of ether oxygens (including phenoxy) is 2. The largest absolute Gasteiger partial charge is 0.376 e. The third-order valence-corrected chi connectivity index (χ3v) is 3.76. The van der Waals surface area contributed by atoms with Crippen LogP contribution < -0.4 is 5.32 Å². The average molecular weight is 284 g/mol. The van der Waals surface area contributed by atoms with E-state index in [1.807, 2.05) is 6.07 Å². The van der Waals surface area contributed by atoms with Crippen LogP contribution in [0.5, 0.6) is 0 Å². The van der Waals surface area contributed by atoms with E-state index in [4.69, 9.17) is 21.1 Å². The zero-order valence-corrected chi connectivity index (χ0v) is 12.4. The van der Waals surface area contributed by atoms with E-state index in [0.717, 1.165) is 23.6 Å². The molecule has 1 fully saturated rings. The van der Waals surface area contributed by atoms with Gasteiger partial charge in [0.2, 0.25) is 0 Å². The molecule has 4 heteroatoms. The second kappa shape index (κ2) is 7.25. The van der Waals surface area contributed by atoms with Crippen LogP contribution in [0.25, 0.3) is 0 Å². The standard InChI is InChI=1S/C15H22ClNO2/c1-3-17-14(15-10-18-6-7-19-15)9-12-5-4-11(2)8-13(12)16/h4-5,8,14-15,17H,3,6-7,9-10H2,1-2H3. The Morgan fingerprint density at radius 2 is 2.26 bits per heavy atom. The van der Waals surface area contributed by atoms with Crippen LogP contribution in [0.2, 0.25) is 5.02 Å². The summed E-state index contributed by atoms with van der Waals surface area (Å²) in [5.41, 5.74) is 2.35. The van der Waals surface area contributed by atoms with Crippen molar-refractivity contribution in [3.63, 3.8) is 0 Å². The Bertz CT molecular complexity index is 405. The first-order valence-electron chi connectivity index (χ1n) is 6.88. The Kier molecular flexibility index (Phi) is 5.64. The lowest BCUT2D eigenvalue weighted by Crippen LogP contribution is -2.47. The molecule has 0 amide bonds. The van der Waals surface area contributed by atoms with Crippen molar-refractivity contribution in [1.82, 2.24) is 5.32 Å². The lowest BCUT2D eigenvalue weighted by Gasteiger charge is -2.31. The van der Waals surface area contributed by atoms with Crippen molar-refractivity contribution in [1.29, 1.82) is 0 Å². The number of hydrogen-bond donors (Lipinski definition) is 1. The maximum atomic E-state index is 6.31. The number of likely N-dealkylation sites (N-methyl/N-ethyl adjacent to an activating group) is 1. The van der Waals surface area contributed by atoms with Gasteiger partial charge in [-0.05, 0) is 37.1 Å². The van der Waals surface area contributed by atoms with Gasteiger partial charge in [-0.2, -0.15) is 0 Å².